The molecule has 0 aliphatic carbocycles. The highest BCUT2D eigenvalue weighted by Crippen LogP contribution is 2.12. The van der Waals surface area contributed by atoms with Crippen molar-refractivity contribution in [2.45, 2.75) is 32.2 Å². The fourth-order valence-corrected chi connectivity index (χ4v) is 3.00. The molecule has 2 heterocycles. The van der Waals surface area contributed by atoms with E-state index in [0.29, 0.717) is 5.69 Å². The Morgan fingerprint density at radius 2 is 2.17 bits per heavy atom. The second-order valence-electron chi connectivity index (χ2n) is 6.05. The molecule has 1 saturated heterocycles. The van der Waals surface area contributed by atoms with E-state index in [1.165, 1.54) is 5.56 Å². The van der Waals surface area contributed by atoms with Gasteiger partial charge in [-0.05, 0) is 43.5 Å². The van der Waals surface area contributed by atoms with Crippen molar-refractivity contribution in [3.63, 3.8) is 0 Å². The van der Waals surface area contributed by atoms with Crippen molar-refractivity contribution in [2.75, 3.05) is 19.6 Å². The molecule has 23 heavy (non-hydrogen) atoms. The molecule has 0 spiro atoms. The number of nitrogens with one attached hydrogen (secondary N) is 1. The van der Waals surface area contributed by atoms with Crippen LogP contribution in [0.25, 0.3) is 0 Å². The van der Waals surface area contributed by atoms with Gasteiger partial charge in [-0.25, -0.2) is 4.63 Å². The normalized spacial score (nSPS) is 18.7. The van der Waals surface area contributed by atoms with Gasteiger partial charge in [0.25, 0.3) is 5.91 Å². The molecule has 1 aliphatic heterocycles. The van der Waals surface area contributed by atoms with E-state index in [0.717, 1.165) is 38.9 Å². The van der Waals surface area contributed by atoms with Gasteiger partial charge in [0.2, 0.25) is 0 Å². The highest BCUT2D eigenvalue weighted by atomic mass is 16.6. The highest BCUT2D eigenvalue weighted by Gasteiger charge is 2.23. The van der Waals surface area contributed by atoms with Crippen LogP contribution in [0.2, 0.25) is 0 Å². The predicted molar refractivity (Wildman–Crippen MR) is 86.1 cm³/mol. The van der Waals surface area contributed by atoms with E-state index < -0.39 is 0 Å². The maximum Gasteiger partial charge on any atom is 0.275 e. The Morgan fingerprint density at radius 3 is 2.91 bits per heavy atom. The number of hydrogen-bond donors (Lipinski definition) is 1. The van der Waals surface area contributed by atoms with Crippen LogP contribution >= 0.6 is 0 Å². The van der Waals surface area contributed by atoms with E-state index in [1.807, 2.05) is 6.07 Å². The van der Waals surface area contributed by atoms with Crippen molar-refractivity contribution in [2.24, 2.45) is 0 Å². The summed E-state index contributed by atoms with van der Waals surface area (Å²) in [4.78, 5) is 14.6. The van der Waals surface area contributed by atoms with E-state index in [-0.39, 0.29) is 17.6 Å². The number of carbonyl (C=O) groups is 1. The number of amides is 1. The van der Waals surface area contributed by atoms with Gasteiger partial charge in [-0.2, -0.15) is 0 Å². The molecule has 1 aromatic heterocycles. The third-order valence-corrected chi connectivity index (χ3v) is 4.27. The lowest BCUT2D eigenvalue weighted by molar-refractivity contribution is 0.0894. The summed E-state index contributed by atoms with van der Waals surface area (Å²) in [6, 6.07) is 10.7. The molecule has 1 fully saturated rings. The number of nitrogens with zero attached hydrogens (tertiary/aromatic N) is 3. The molecule has 0 unspecified atom stereocenters. The minimum absolute atomic E-state index is 0.156. The van der Waals surface area contributed by atoms with Gasteiger partial charge in [-0.15, -0.1) is 0 Å². The number of benzene rings is 1. The third kappa shape index (κ3) is 4.16. The summed E-state index contributed by atoms with van der Waals surface area (Å²) in [6.45, 7) is 4.70. The largest absolute Gasteiger partial charge is 0.347 e. The van der Waals surface area contributed by atoms with Gasteiger partial charge in [0.05, 0.1) is 0 Å². The van der Waals surface area contributed by atoms with Gasteiger partial charge in [0, 0.05) is 19.1 Å². The number of rotatable bonds is 5. The Bertz CT molecular complexity index is 641. The van der Waals surface area contributed by atoms with E-state index in [1.54, 1.807) is 6.92 Å². The van der Waals surface area contributed by atoms with Crippen LogP contribution in [-0.2, 0) is 6.42 Å². The van der Waals surface area contributed by atoms with Crippen LogP contribution in [0.1, 0.15) is 34.6 Å². The summed E-state index contributed by atoms with van der Waals surface area (Å²) < 4.78 is 4.59. The second kappa shape index (κ2) is 7.37. The molecule has 3 rings (SSSR count). The van der Waals surface area contributed by atoms with E-state index in [4.69, 9.17) is 0 Å². The molecular weight excluding hydrogens is 292 g/mol. The van der Waals surface area contributed by atoms with Crippen LogP contribution in [-0.4, -0.2) is 46.8 Å². The average Bonchev–Trinajstić information content (AvgIpc) is 3.00. The molecule has 1 amide bonds. The van der Waals surface area contributed by atoms with E-state index in [2.05, 4.69) is 49.4 Å². The van der Waals surface area contributed by atoms with E-state index in [9.17, 15) is 4.79 Å². The van der Waals surface area contributed by atoms with Gasteiger partial charge in [0.1, 0.15) is 5.69 Å². The Kier molecular flexibility index (Phi) is 5.02. The Hall–Kier alpha value is -2.21. The summed E-state index contributed by atoms with van der Waals surface area (Å²) >= 11 is 0. The molecule has 1 N–H and O–H groups in total. The van der Waals surface area contributed by atoms with Gasteiger partial charge < -0.3 is 10.2 Å². The Labute approximate surface area is 135 Å². The zero-order valence-electron chi connectivity index (χ0n) is 13.4. The van der Waals surface area contributed by atoms with Crippen LogP contribution in [0, 0.1) is 6.92 Å². The number of piperidine rings is 1. The lowest BCUT2D eigenvalue weighted by atomic mass is 10.0. The molecule has 1 aromatic carbocycles. The topological polar surface area (TPSA) is 71.3 Å². The third-order valence-electron chi connectivity index (χ3n) is 4.27. The van der Waals surface area contributed by atoms with Crippen molar-refractivity contribution in [1.29, 1.82) is 0 Å². The molecule has 1 aliphatic rings. The van der Waals surface area contributed by atoms with Gasteiger partial charge in [-0.3, -0.25) is 4.79 Å². The Balaban J connectivity index is 1.50. The zero-order chi connectivity index (χ0) is 16.1. The lowest BCUT2D eigenvalue weighted by Gasteiger charge is -2.33. The first kappa shape index (κ1) is 15.7. The number of likely N-dealkylation sites (tertiary alicyclic amines) is 1. The van der Waals surface area contributed by atoms with Crippen molar-refractivity contribution in [3.8, 4) is 0 Å². The van der Waals surface area contributed by atoms with Crippen LogP contribution in [0.15, 0.2) is 35.0 Å². The van der Waals surface area contributed by atoms with Crippen molar-refractivity contribution < 1.29 is 9.42 Å². The quantitative estimate of drug-likeness (QED) is 0.911. The molecule has 0 bridgehead atoms. The molecule has 6 nitrogen and oxygen atoms in total. The van der Waals surface area contributed by atoms with Crippen molar-refractivity contribution >= 4 is 5.91 Å². The molecule has 2 aromatic rings. The first-order valence-corrected chi connectivity index (χ1v) is 8.08. The van der Waals surface area contributed by atoms with E-state index >= 15 is 0 Å². The number of aryl methyl sites for hydroxylation is 1. The maximum absolute atomic E-state index is 12.2. The predicted octanol–water partition coefficient (Wildman–Crippen LogP) is 1.81. The van der Waals surface area contributed by atoms with Crippen LogP contribution in [0.5, 0.6) is 0 Å². The van der Waals surface area contributed by atoms with Crippen molar-refractivity contribution in [3.05, 3.63) is 47.3 Å². The molecule has 122 valence electrons. The smallest absolute Gasteiger partial charge is 0.275 e. The number of aromatic nitrogens is 2. The summed E-state index contributed by atoms with van der Waals surface area (Å²) in [6.07, 6.45) is 3.13. The molecule has 6 heteroatoms. The van der Waals surface area contributed by atoms with Crippen LogP contribution in [0.3, 0.4) is 0 Å². The summed E-state index contributed by atoms with van der Waals surface area (Å²) in [5.41, 5.74) is 2.16. The minimum Gasteiger partial charge on any atom is -0.347 e. The second-order valence-corrected chi connectivity index (χ2v) is 6.05. The van der Waals surface area contributed by atoms with Crippen LogP contribution < -0.4 is 5.32 Å². The summed E-state index contributed by atoms with van der Waals surface area (Å²) in [7, 11) is 0. The maximum atomic E-state index is 12.2. The SMILES string of the molecule is Cc1nonc1C(=O)N[C@H]1CCCN(CCc2ccccc2)C1. The lowest BCUT2D eigenvalue weighted by Crippen LogP contribution is -2.48. The molecule has 1 atom stereocenters. The molecule has 0 saturated carbocycles. The van der Waals surface area contributed by atoms with Gasteiger partial charge >= 0.3 is 0 Å². The van der Waals surface area contributed by atoms with Gasteiger partial charge in [0.15, 0.2) is 5.69 Å². The first-order valence-electron chi connectivity index (χ1n) is 8.08. The molecular formula is C17H22N4O2. The van der Waals surface area contributed by atoms with Gasteiger partial charge in [-0.1, -0.05) is 35.5 Å². The molecule has 0 radical (unpaired) electrons. The average molecular weight is 314 g/mol. The highest BCUT2D eigenvalue weighted by molar-refractivity contribution is 5.93. The minimum atomic E-state index is -0.196. The standard InChI is InChI=1S/C17H22N4O2/c1-13-16(20-23-19-13)17(22)18-15-8-5-10-21(12-15)11-9-14-6-3-2-4-7-14/h2-4,6-7,15H,5,8-12H2,1H3,(H,18,22)/t15-/m0/s1. The zero-order valence-corrected chi connectivity index (χ0v) is 13.4. The number of carbonyl (C=O) groups excluding carboxylic acids is 1. The summed E-state index contributed by atoms with van der Waals surface area (Å²) in [5, 5.41) is 10.4. The fourth-order valence-electron chi connectivity index (χ4n) is 3.00. The monoisotopic (exact) mass is 314 g/mol. The fraction of sp³-hybridized carbons (Fsp3) is 0.471. The van der Waals surface area contributed by atoms with Crippen molar-refractivity contribution in [1.82, 2.24) is 20.5 Å². The number of hydrogen-bond acceptors (Lipinski definition) is 5. The van der Waals surface area contributed by atoms with Crippen LogP contribution in [0.4, 0.5) is 0 Å². The summed E-state index contributed by atoms with van der Waals surface area (Å²) in [5.74, 6) is -0.196. The Morgan fingerprint density at radius 1 is 1.35 bits per heavy atom. The first-order chi connectivity index (χ1) is 11.2.